The first-order valence-corrected chi connectivity index (χ1v) is 8.93. The molecule has 0 spiro atoms. The Kier molecular flexibility index (Phi) is 4.09. The average molecular weight is 372 g/mol. The van der Waals surface area contributed by atoms with Gasteiger partial charge in [0, 0.05) is 19.2 Å². The fourth-order valence-corrected chi connectivity index (χ4v) is 3.63. The Labute approximate surface area is 156 Å². The van der Waals surface area contributed by atoms with E-state index in [0.29, 0.717) is 29.8 Å². The molecule has 142 valence electrons. The number of carbonyl (C=O) groups excluding carboxylic acids is 2. The summed E-state index contributed by atoms with van der Waals surface area (Å²) in [6, 6.07) is 4.89. The van der Waals surface area contributed by atoms with E-state index in [4.69, 9.17) is 0 Å². The van der Waals surface area contributed by atoms with Gasteiger partial charge in [-0.15, -0.1) is 10.2 Å². The van der Waals surface area contributed by atoms with Crippen molar-refractivity contribution in [1.82, 2.24) is 25.0 Å². The summed E-state index contributed by atoms with van der Waals surface area (Å²) in [6.45, 7) is 4.84. The van der Waals surface area contributed by atoms with Crippen LogP contribution >= 0.6 is 0 Å². The normalized spacial score (nSPS) is 21.5. The third-order valence-electron chi connectivity index (χ3n) is 5.08. The van der Waals surface area contributed by atoms with E-state index in [9.17, 15) is 14.0 Å². The summed E-state index contributed by atoms with van der Waals surface area (Å²) in [5, 5.41) is 11.0. The van der Waals surface area contributed by atoms with Crippen LogP contribution in [0.3, 0.4) is 0 Å². The quantitative estimate of drug-likeness (QED) is 0.888. The molecule has 2 aromatic rings. The summed E-state index contributed by atoms with van der Waals surface area (Å²) in [7, 11) is 1.64. The summed E-state index contributed by atoms with van der Waals surface area (Å²) in [5.74, 6) is 0.800. The predicted molar refractivity (Wildman–Crippen MR) is 96.3 cm³/mol. The number of hydrogen-bond donors (Lipinski definition) is 1. The fourth-order valence-electron chi connectivity index (χ4n) is 3.63. The van der Waals surface area contributed by atoms with Crippen LogP contribution in [0.15, 0.2) is 24.3 Å². The Bertz CT molecular complexity index is 894. The third kappa shape index (κ3) is 2.73. The molecule has 1 N–H and O–H groups in total. The van der Waals surface area contributed by atoms with E-state index in [1.165, 1.54) is 17.0 Å². The fraction of sp³-hybridized carbons (Fsp3) is 0.444. The zero-order valence-corrected chi connectivity index (χ0v) is 15.4. The molecule has 0 saturated carbocycles. The molecule has 3 heterocycles. The smallest absolute Gasteiger partial charge is 0.325 e. The van der Waals surface area contributed by atoms with Crippen LogP contribution in [-0.2, 0) is 4.79 Å². The van der Waals surface area contributed by atoms with Gasteiger partial charge in [-0.05, 0) is 36.6 Å². The van der Waals surface area contributed by atoms with Gasteiger partial charge in [0.25, 0.3) is 5.91 Å². The largest absolute Gasteiger partial charge is 0.325 e. The first kappa shape index (κ1) is 17.4. The summed E-state index contributed by atoms with van der Waals surface area (Å²) >= 11 is 0. The number of amides is 3. The molecule has 0 bridgehead atoms. The summed E-state index contributed by atoms with van der Waals surface area (Å²) in [6.07, 6.45) is 0.316. The topological polar surface area (TPSA) is 83.4 Å². The molecule has 2 aliphatic heterocycles. The number of nitrogens with zero attached hydrogens (tertiary/aromatic N) is 5. The number of halogens is 1. The van der Waals surface area contributed by atoms with Gasteiger partial charge in [0.1, 0.15) is 12.0 Å². The summed E-state index contributed by atoms with van der Waals surface area (Å²) < 4.78 is 15.1. The molecule has 1 aromatic heterocycles. The number of hydrogen-bond acceptors (Lipinski definition) is 5. The number of carbonyl (C=O) groups is 2. The van der Waals surface area contributed by atoms with Crippen molar-refractivity contribution in [3.05, 3.63) is 30.1 Å². The molecule has 0 aliphatic carbocycles. The standard InChI is InChI=1S/C18H21FN6O2/c1-10(2)8-9-24-13-15(26)20-18(27)23(3)16(13)25-14(21-22-17(24)25)11-4-6-12(19)7-5-11/h4-7,10,13,16H,8-9H2,1-3H3,(H,20,26,27). The molecule has 2 unspecified atom stereocenters. The Morgan fingerprint density at radius 3 is 2.56 bits per heavy atom. The highest BCUT2D eigenvalue weighted by Crippen LogP contribution is 2.40. The van der Waals surface area contributed by atoms with Crippen molar-refractivity contribution >= 4 is 17.9 Å². The van der Waals surface area contributed by atoms with E-state index in [0.717, 1.165) is 6.42 Å². The number of urea groups is 1. The van der Waals surface area contributed by atoms with Gasteiger partial charge in [0.05, 0.1) is 0 Å². The second-order valence-corrected chi connectivity index (χ2v) is 7.34. The van der Waals surface area contributed by atoms with Crippen molar-refractivity contribution in [3.63, 3.8) is 0 Å². The SMILES string of the molecule is CC(C)CCN1c2nnc(-c3ccc(F)cc3)n2C2C1C(=O)NC(=O)N2C. The van der Waals surface area contributed by atoms with Crippen LogP contribution in [0.4, 0.5) is 15.1 Å². The maximum absolute atomic E-state index is 13.3. The minimum Gasteiger partial charge on any atom is -0.325 e. The maximum atomic E-state index is 13.3. The molecule has 2 atom stereocenters. The Morgan fingerprint density at radius 1 is 1.19 bits per heavy atom. The van der Waals surface area contributed by atoms with Crippen LogP contribution in [0.1, 0.15) is 26.4 Å². The van der Waals surface area contributed by atoms with Gasteiger partial charge >= 0.3 is 6.03 Å². The van der Waals surface area contributed by atoms with Crippen molar-refractivity contribution in [2.45, 2.75) is 32.5 Å². The van der Waals surface area contributed by atoms with E-state index in [-0.39, 0.29) is 11.7 Å². The molecule has 8 nitrogen and oxygen atoms in total. The summed E-state index contributed by atoms with van der Waals surface area (Å²) in [4.78, 5) is 28.2. The van der Waals surface area contributed by atoms with Crippen LogP contribution in [-0.4, -0.2) is 51.2 Å². The minimum atomic E-state index is -0.573. The third-order valence-corrected chi connectivity index (χ3v) is 5.08. The second kappa shape index (κ2) is 6.33. The zero-order valence-electron chi connectivity index (χ0n) is 15.4. The van der Waals surface area contributed by atoms with Crippen molar-refractivity contribution in [2.24, 2.45) is 5.92 Å². The van der Waals surface area contributed by atoms with E-state index < -0.39 is 18.2 Å². The Balaban J connectivity index is 1.82. The number of benzene rings is 1. The number of imide groups is 1. The number of fused-ring (bicyclic) bond motifs is 3. The molecule has 9 heteroatoms. The molecule has 2 aliphatic rings. The van der Waals surface area contributed by atoms with Crippen LogP contribution in [0.25, 0.3) is 11.4 Å². The van der Waals surface area contributed by atoms with Crippen LogP contribution in [0.2, 0.25) is 0 Å². The Morgan fingerprint density at radius 2 is 1.89 bits per heavy atom. The van der Waals surface area contributed by atoms with E-state index in [1.807, 2.05) is 4.90 Å². The lowest BCUT2D eigenvalue weighted by Crippen LogP contribution is -2.61. The average Bonchev–Trinajstić information content (AvgIpc) is 3.17. The lowest BCUT2D eigenvalue weighted by Gasteiger charge is -2.37. The van der Waals surface area contributed by atoms with Gasteiger partial charge in [-0.3, -0.25) is 14.7 Å². The molecule has 1 aromatic carbocycles. The zero-order chi connectivity index (χ0) is 19.3. The highest BCUT2D eigenvalue weighted by atomic mass is 19.1. The monoisotopic (exact) mass is 372 g/mol. The predicted octanol–water partition coefficient (Wildman–Crippen LogP) is 2.00. The van der Waals surface area contributed by atoms with Gasteiger partial charge in [0.2, 0.25) is 5.95 Å². The highest BCUT2D eigenvalue weighted by Gasteiger charge is 2.52. The number of likely N-dealkylation sites (N-methyl/N-ethyl adjacent to an activating group) is 1. The molecule has 27 heavy (non-hydrogen) atoms. The van der Waals surface area contributed by atoms with Crippen molar-refractivity contribution in [3.8, 4) is 11.4 Å². The molecule has 4 rings (SSSR count). The molecule has 1 fully saturated rings. The van der Waals surface area contributed by atoms with Crippen molar-refractivity contribution in [1.29, 1.82) is 0 Å². The minimum absolute atomic E-state index is 0.345. The number of anilines is 1. The lowest BCUT2D eigenvalue weighted by molar-refractivity contribution is -0.124. The van der Waals surface area contributed by atoms with Crippen molar-refractivity contribution in [2.75, 3.05) is 18.5 Å². The van der Waals surface area contributed by atoms with E-state index >= 15 is 0 Å². The lowest BCUT2D eigenvalue weighted by atomic mass is 10.1. The van der Waals surface area contributed by atoms with Gasteiger partial charge in [0.15, 0.2) is 11.9 Å². The molecule has 3 amide bonds. The number of nitrogens with one attached hydrogen (secondary N) is 1. The van der Waals surface area contributed by atoms with Crippen LogP contribution in [0, 0.1) is 11.7 Å². The second-order valence-electron chi connectivity index (χ2n) is 7.34. The van der Waals surface area contributed by atoms with E-state index in [2.05, 4.69) is 29.4 Å². The molecule has 1 saturated heterocycles. The van der Waals surface area contributed by atoms with Crippen molar-refractivity contribution < 1.29 is 14.0 Å². The highest BCUT2D eigenvalue weighted by molar-refractivity contribution is 6.02. The van der Waals surface area contributed by atoms with Gasteiger partial charge < -0.3 is 9.80 Å². The van der Waals surface area contributed by atoms with Gasteiger partial charge in [-0.2, -0.15) is 0 Å². The van der Waals surface area contributed by atoms with Crippen LogP contribution in [0.5, 0.6) is 0 Å². The number of aromatic nitrogens is 3. The first-order valence-electron chi connectivity index (χ1n) is 8.93. The molecule has 0 radical (unpaired) electrons. The van der Waals surface area contributed by atoms with Crippen LogP contribution < -0.4 is 10.2 Å². The molecular weight excluding hydrogens is 351 g/mol. The molecular formula is C18H21FN6O2. The first-order chi connectivity index (χ1) is 12.9. The van der Waals surface area contributed by atoms with Gasteiger partial charge in [-0.25, -0.2) is 9.18 Å². The number of rotatable bonds is 4. The van der Waals surface area contributed by atoms with E-state index in [1.54, 1.807) is 23.7 Å². The maximum Gasteiger partial charge on any atom is 0.325 e. The Hall–Kier alpha value is -2.97. The summed E-state index contributed by atoms with van der Waals surface area (Å²) in [5.41, 5.74) is 0.673. The van der Waals surface area contributed by atoms with Gasteiger partial charge in [-0.1, -0.05) is 13.8 Å².